The smallest absolute Gasteiger partial charge is 0.348 e. The molecule has 0 aliphatic carbocycles. The summed E-state index contributed by atoms with van der Waals surface area (Å²) >= 11 is 0. The molecule has 0 spiro atoms. The first kappa shape index (κ1) is 11.8. The molecule has 82 valence electrons. The van der Waals surface area contributed by atoms with Gasteiger partial charge in [0.25, 0.3) is 5.91 Å². The van der Waals surface area contributed by atoms with Crippen LogP contribution in [0.5, 0.6) is 0 Å². The monoisotopic (exact) mass is 237 g/mol. The number of benzene rings is 1. The number of halogens is 4. The second-order valence-electron chi connectivity index (χ2n) is 3.01. The van der Waals surface area contributed by atoms with Crippen molar-refractivity contribution in [3.05, 3.63) is 34.9 Å². The molecule has 0 bridgehead atoms. The number of nitrogens with one attached hydrogen (secondary N) is 1. The lowest BCUT2D eigenvalue weighted by atomic mass is 10.0. The number of carbonyl (C=O) groups excluding carboxylic acids is 1. The van der Waals surface area contributed by atoms with Crippen LogP contribution in [0.15, 0.2) is 18.2 Å². The van der Waals surface area contributed by atoms with Crippen LogP contribution in [0.25, 0.3) is 0 Å². The van der Waals surface area contributed by atoms with Gasteiger partial charge in [-0.25, -0.2) is 0 Å². The van der Waals surface area contributed by atoms with Gasteiger partial charge in [0.15, 0.2) is 0 Å². The zero-order chi connectivity index (χ0) is 10.3. The summed E-state index contributed by atoms with van der Waals surface area (Å²) in [6.45, 7) is -0.0378. The Morgan fingerprint density at radius 3 is 2.53 bits per heavy atom. The Labute approximate surface area is 89.9 Å². The van der Waals surface area contributed by atoms with Crippen molar-refractivity contribution in [3.8, 4) is 0 Å². The zero-order valence-electron chi connectivity index (χ0n) is 7.39. The molecule has 1 heterocycles. The van der Waals surface area contributed by atoms with Gasteiger partial charge in [-0.3, -0.25) is 4.79 Å². The summed E-state index contributed by atoms with van der Waals surface area (Å²) in [6.07, 6.45) is -4.39. The van der Waals surface area contributed by atoms with E-state index in [1.807, 2.05) is 0 Å². The van der Waals surface area contributed by atoms with Gasteiger partial charge < -0.3 is 5.32 Å². The fourth-order valence-corrected chi connectivity index (χ4v) is 1.52. The predicted octanol–water partition coefficient (Wildman–Crippen LogP) is 2.37. The average molecular weight is 238 g/mol. The Hall–Kier alpha value is -1.23. The predicted molar refractivity (Wildman–Crippen MR) is 49.9 cm³/mol. The van der Waals surface area contributed by atoms with Crippen LogP contribution in [0.2, 0.25) is 0 Å². The van der Waals surface area contributed by atoms with Crippen LogP contribution in [0, 0.1) is 0 Å². The van der Waals surface area contributed by atoms with Gasteiger partial charge >= 0.3 is 6.18 Å². The van der Waals surface area contributed by atoms with Gasteiger partial charge in [-0.1, -0.05) is 6.07 Å². The fraction of sp³-hybridized carbons (Fsp3) is 0.222. The number of fused-ring (bicyclic) bond motifs is 1. The van der Waals surface area contributed by atoms with Gasteiger partial charge in [-0.2, -0.15) is 13.2 Å². The molecule has 0 fully saturated rings. The van der Waals surface area contributed by atoms with Gasteiger partial charge in [0, 0.05) is 12.1 Å². The van der Waals surface area contributed by atoms with E-state index in [1.165, 1.54) is 12.1 Å². The van der Waals surface area contributed by atoms with E-state index in [2.05, 4.69) is 5.32 Å². The molecule has 1 N–H and O–H groups in total. The number of amides is 1. The highest BCUT2D eigenvalue weighted by Gasteiger charge is 2.36. The largest absolute Gasteiger partial charge is 0.416 e. The van der Waals surface area contributed by atoms with Gasteiger partial charge in [0.05, 0.1) is 5.56 Å². The van der Waals surface area contributed by atoms with Crippen molar-refractivity contribution in [3.63, 3.8) is 0 Å². The molecule has 0 aromatic heterocycles. The highest BCUT2D eigenvalue weighted by molar-refractivity contribution is 5.98. The molecule has 2 nitrogen and oxygen atoms in total. The van der Waals surface area contributed by atoms with Crippen molar-refractivity contribution in [2.75, 3.05) is 0 Å². The van der Waals surface area contributed by atoms with E-state index in [0.29, 0.717) is 0 Å². The summed E-state index contributed by atoms with van der Waals surface area (Å²) in [5, 5.41) is 2.36. The van der Waals surface area contributed by atoms with Crippen molar-refractivity contribution in [1.82, 2.24) is 5.32 Å². The quantitative estimate of drug-likeness (QED) is 0.738. The molecule has 2 rings (SSSR count). The number of alkyl halides is 3. The molecule has 0 radical (unpaired) electrons. The lowest BCUT2D eigenvalue weighted by Crippen LogP contribution is -2.12. The number of hydrogen-bond acceptors (Lipinski definition) is 1. The highest BCUT2D eigenvalue weighted by atomic mass is 35.5. The molecular formula is C9H7ClF3NO. The first-order valence-electron chi connectivity index (χ1n) is 3.97. The SMILES string of the molecule is Cl.O=C1NCc2c1cccc2C(F)(F)F. The normalized spacial score (nSPS) is 14.2. The summed E-state index contributed by atoms with van der Waals surface area (Å²) in [5.74, 6) is -0.439. The van der Waals surface area contributed by atoms with E-state index in [-0.39, 0.29) is 30.1 Å². The summed E-state index contributed by atoms with van der Waals surface area (Å²) in [6, 6.07) is 3.62. The Kier molecular flexibility index (Phi) is 2.95. The average Bonchev–Trinajstić information content (AvgIpc) is 2.46. The van der Waals surface area contributed by atoms with Gasteiger partial charge in [0.2, 0.25) is 0 Å². The van der Waals surface area contributed by atoms with E-state index in [1.54, 1.807) is 0 Å². The lowest BCUT2D eigenvalue weighted by Gasteiger charge is -2.09. The Morgan fingerprint density at radius 2 is 1.93 bits per heavy atom. The van der Waals surface area contributed by atoms with Crippen LogP contribution in [-0.4, -0.2) is 5.91 Å². The Morgan fingerprint density at radius 1 is 1.27 bits per heavy atom. The first-order chi connectivity index (χ1) is 6.50. The number of rotatable bonds is 0. The zero-order valence-corrected chi connectivity index (χ0v) is 8.21. The van der Waals surface area contributed by atoms with Gasteiger partial charge in [-0.15, -0.1) is 12.4 Å². The molecule has 6 heteroatoms. The minimum absolute atomic E-state index is 0. The van der Waals surface area contributed by atoms with Crippen molar-refractivity contribution in [2.45, 2.75) is 12.7 Å². The first-order valence-corrected chi connectivity index (χ1v) is 3.97. The third kappa shape index (κ3) is 1.92. The van der Waals surface area contributed by atoms with E-state index < -0.39 is 17.6 Å². The molecule has 0 saturated heterocycles. The van der Waals surface area contributed by atoms with Crippen LogP contribution in [0.3, 0.4) is 0 Å². The van der Waals surface area contributed by atoms with Crippen molar-refractivity contribution in [1.29, 1.82) is 0 Å². The maximum absolute atomic E-state index is 12.4. The summed E-state index contributed by atoms with van der Waals surface area (Å²) < 4.78 is 37.3. The van der Waals surface area contributed by atoms with Crippen LogP contribution < -0.4 is 5.32 Å². The molecule has 0 unspecified atom stereocenters. The summed E-state index contributed by atoms with van der Waals surface area (Å²) in [5.41, 5.74) is -0.557. The minimum atomic E-state index is -4.39. The fourth-order valence-electron chi connectivity index (χ4n) is 1.52. The van der Waals surface area contributed by atoms with Crippen molar-refractivity contribution < 1.29 is 18.0 Å². The van der Waals surface area contributed by atoms with Gasteiger partial charge in [-0.05, 0) is 17.7 Å². The van der Waals surface area contributed by atoms with Crippen LogP contribution in [-0.2, 0) is 12.7 Å². The van der Waals surface area contributed by atoms with E-state index in [0.717, 1.165) is 6.07 Å². The molecule has 15 heavy (non-hydrogen) atoms. The highest BCUT2D eigenvalue weighted by Crippen LogP contribution is 2.34. The van der Waals surface area contributed by atoms with E-state index >= 15 is 0 Å². The van der Waals surface area contributed by atoms with Crippen LogP contribution in [0.4, 0.5) is 13.2 Å². The molecule has 0 atom stereocenters. The Balaban J connectivity index is 0.00000112. The molecule has 1 aliphatic rings. The summed E-state index contributed by atoms with van der Waals surface area (Å²) in [7, 11) is 0. The van der Waals surface area contributed by atoms with Crippen LogP contribution in [0.1, 0.15) is 21.5 Å². The molecule has 1 amide bonds. The van der Waals surface area contributed by atoms with Crippen LogP contribution >= 0.6 is 12.4 Å². The van der Waals surface area contributed by atoms with Crippen molar-refractivity contribution in [2.24, 2.45) is 0 Å². The molecule has 0 saturated carbocycles. The maximum Gasteiger partial charge on any atom is 0.416 e. The van der Waals surface area contributed by atoms with Gasteiger partial charge in [0.1, 0.15) is 0 Å². The number of hydrogen-bond donors (Lipinski definition) is 1. The molecule has 1 aromatic rings. The van der Waals surface area contributed by atoms with E-state index in [4.69, 9.17) is 0 Å². The summed E-state index contributed by atoms with van der Waals surface area (Å²) in [4.78, 5) is 11.1. The standard InChI is InChI=1S/C9H6F3NO.ClH/c10-9(11,12)7-3-1-2-5-6(7)4-13-8(5)14;/h1-3H,4H2,(H,13,14);1H. The molecule has 1 aromatic carbocycles. The maximum atomic E-state index is 12.4. The third-order valence-electron chi connectivity index (χ3n) is 2.15. The van der Waals surface area contributed by atoms with Crippen molar-refractivity contribution >= 4 is 18.3 Å². The number of carbonyl (C=O) groups is 1. The second-order valence-corrected chi connectivity index (χ2v) is 3.01. The minimum Gasteiger partial charge on any atom is -0.348 e. The Bertz CT molecular complexity index is 403. The topological polar surface area (TPSA) is 29.1 Å². The molecular weight excluding hydrogens is 231 g/mol. The second kappa shape index (κ2) is 3.73. The molecule has 1 aliphatic heterocycles. The third-order valence-corrected chi connectivity index (χ3v) is 2.15. The van der Waals surface area contributed by atoms with E-state index in [9.17, 15) is 18.0 Å². The lowest BCUT2D eigenvalue weighted by molar-refractivity contribution is -0.138.